The van der Waals surface area contributed by atoms with E-state index >= 15 is 0 Å². The Bertz CT molecular complexity index is 647. The molecule has 0 aliphatic heterocycles. The standard InChI is InChI=1S/C17H24N4O3/c1-5-8-23-16-7-6-14(9-18-16)10-19-17(22)21(4)11-15-12(2)20-24-13(15)3/h6-7,9H,5,8,10-11H2,1-4H3,(H,19,22). The van der Waals surface area contributed by atoms with Crippen molar-refractivity contribution in [2.75, 3.05) is 13.7 Å². The van der Waals surface area contributed by atoms with Gasteiger partial charge in [-0.15, -0.1) is 0 Å². The molecular weight excluding hydrogens is 308 g/mol. The van der Waals surface area contributed by atoms with Crippen LogP contribution in [0.3, 0.4) is 0 Å². The smallest absolute Gasteiger partial charge is 0.317 e. The molecule has 0 spiro atoms. The maximum Gasteiger partial charge on any atom is 0.317 e. The molecule has 2 heterocycles. The molecule has 7 nitrogen and oxygen atoms in total. The Morgan fingerprint density at radius 1 is 1.38 bits per heavy atom. The number of ether oxygens (including phenoxy) is 1. The van der Waals surface area contributed by atoms with Crippen molar-refractivity contribution in [1.82, 2.24) is 20.4 Å². The summed E-state index contributed by atoms with van der Waals surface area (Å²) in [5.74, 6) is 1.33. The number of amides is 2. The van der Waals surface area contributed by atoms with Crippen LogP contribution in [0.2, 0.25) is 0 Å². The van der Waals surface area contributed by atoms with Crippen molar-refractivity contribution in [3.63, 3.8) is 0 Å². The summed E-state index contributed by atoms with van der Waals surface area (Å²) in [6.07, 6.45) is 2.65. The molecule has 2 aromatic heterocycles. The molecule has 1 N–H and O–H groups in total. The predicted octanol–water partition coefficient (Wildman–Crippen LogP) is 2.82. The molecule has 2 amide bonds. The fourth-order valence-corrected chi connectivity index (χ4v) is 2.16. The van der Waals surface area contributed by atoms with Crippen molar-refractivity contribution in [1.29, 1.82) is 0 Å². The first-order valence-corrected chi connectivity index (χ1v) is 7.99. The Balaban J connectivity index is 1.83. The van der Waals surface area contributed by atoms with Gasteiger partial charge in [0.05, 0.1) is 18.8 Å². The van der Waals surface area contributed by atoms with E-state index in [-0.39, 0.29) is 6.03 Å². The van der Waals surface area contributed by atoms with E-state index in [0.29, 0.717) is 25.6 Å². The second kappa shape index (κ2) is 8.33. The number of nitrogens with zero attached hydrogens (tertiary/aromatic N) is 3. The predicted molar refractivity (Wildman–Crippen MR) is 89.7 cm³/mol. The highest BCUT2D eigenvalue weighted by Gasteiger charge is 2.15. The van der Waals surface area contributed by atoms with Gasteiger partial charge in [-0.2, -0.15) is 0 Å². The summed E-state index contributed by atoms with van der Waals surface area (Å²) in [7, 11) is 1.74. The highest BCUT2D eigenvalue weighted by atomic mass is 16.5. The minimum atomic E-state index is -0.165. The average molecular weight is 332 g/mol. The summed E-state index contributed by atoms with van der Waals surface area (Å²) in [6.45, 7) is 7.26. The van der Waals surface area contributed by atoms with Gasteiger partial charge >= 0.3 is 6.03 Å². The van der Waals surface area contributed by atoms with Gasteiger partial charge in [-0.1, -0.05) is 18.1 Å². The molecule has 0 bridgehead atoms. The quantitative estimate of drug-likeness (QED) is 0.843. The molecule has 0 fully saturated rings. The molecular formula is C17H24N4O3. The van der Waals surface area contributed by atoms with Gasteiger partial charge in [0, 0.05) is 31.4 Å². The fraction of sp³-hybridized carbons (Fsp3) is 0.471. The molecule has 0 aliphatic rings. The van der Waals surface area contributed by atoms with E-state index in [4.69, 9.17) is 9.26 Å². The minimum absolute atomic E-state index is 0.165. The zero-order chi connectivity index (χ0) is 17.5. The number of nitrogens with one attached hydrogen (secondary N) is 1. The maximum absolute atomic E-state index is 12.2. The number of urea groups is 1. The summed E-state index contributed by atoms with van der Waals surface area (Å²) < 4.78 is 10.5. The lowest BCUT2D eigenvalue weighted by molar-refractivity contribution is 0.206. The van der Waals surface area contributed by atoms with Gasteiger partial charge in [0.25, 0.3) is 0 Å². The number of rotatable bonds is 7. The van der Waals surface area contributed by atoms with Gasteiger partial charge in [0.15, 0.2) is 0 Å². The fourth-order valence-electron chi connectivity index (χ4n) is 2.16. The Labute approximate surface area is 142 Å². The van der Waals surface area contributed by atoms with E-state index in [0.717, 1.165) is 29.0 Å². The highest BCUT2D eigenvalue weighted by molar-refractivity contribution is 5.73. The first kappa shape index (κ1) is 17.8. The lowest BCUT2D eigenvalue weighted by Gasteiger charge is -2.17. The summed E-state index contributed by atoms with van der Waals surface area (Å²) in [5, 5.41) is 6.77. The minimum Gasteiger partial charge on any atom is -0.478 e. The summed E-state index contributed by atoms with van der Waals surface area (Å²) >= 11 is 0. The normalized spacial score (nSPS) is 10.5. The first-order valence-electron chi connectivity index (χ1n) is 7.99. The van der Waals surface area contributed by atoms with Crippen LogP contribution in [0.15, 0.2) is 22.9 Å². The number of carbonyl (C=O) groups excluding carboxylic acids is 1. The number of aryl methyl sites for hydroxylation is 2. The molecule has 2 aromatic rings. The lowest BCUT2D eigenvalue weighted by atomic mass is 10.2. The van der Waals surface area contributed by atoms with E-state index in [1.807, 2.05) is 32.9 Å². The largest absolute Gasteiger partial charge is 0.478 e. The van der Waals surface area contributed by atoms with Gasteiger partial charge in [0.2, 0.25) is 5.88 Å². The van der Waals surface area contributed by atoms with Crippen LogP contribution < -0.4 is 10.1 Å². The van der Waals surface area contributed by atoms with E-state index in [9.17, 15) is 4.79 Å². The lowest BCUT2D eigenvalue weighted by Crippen LogP contribution is -2.36. The Kier molecular flexibility index (Phi) is 6.17. The van der Waals surface area contributed by atoms with Crippen LogP contribution in [0.5, 0.6) is 5.88 Å². The Morgan fingerprint density at radius 3 is 2.75 bits per heavy atom. The third-order valence-corrected chi connectivity index (χ3v) is 3.62. The molecule has 0 unspecified atom stereocenters. The third kappa shape index (κ3) is 4.71. The van der Waals surface area contributed by atoms with Crippen LogP contribution in [0.4, 0.5) is 4.79 Å². The average Bonchev–Trinajstić information content (AvgIpc) is 2.90. The third-order valence-electron chi connectivity index (χ3n) is 3.62. The van der Waals surface area contributed by atoms with Crippen molar-refractivity contribution in [3.8, 4) is 5.88 Å². The van der Waals surface area contributed by atoms with E-state index < -0.39 is 0 Å². The van der Waals surface area contributed by atoms with E-state index in [2.05, 4.69) is 15.5 Å². The molecule has 0 aromatic carbocycles. The topological polar surface area (TPSA) is 80.5 Å². The van der Waals surface area contributed by atoms with Crippen LogP contribution in [-0.4, -0.2) is 34.7 Å². The van der Waals surface area contributed by atoms with Crippen LogP contribution in [-0.2, 0) is 13.1 Å². The van der Waals surface area contributed by atoms with Gasteiger partial charge in [-0.3, -0.25) is 0 Å². The number of hydrogen-bond acceptors (Lipinski definition) is 5. The van der Waals surface area contributed by atoms with Crippen LogP contribution >= 0.6 is 0 Å². The summed E-state index contributed by atoms with van der Waals surface area (Å²) in [4.78, 5) is 18.0. The molecule has 24 heavy (non-hydrogen) atoms. The number of aromatic nitrogens is 2. The molecule has 7 heteroatoms. The molecule has 0 saturated carbocycles. The molecule has 0 atom stereocenters. The maximum atomic E-state index is 12.2. The van der Waals surface area contributed by atoms with Crippen LogP contribution in [0.25, 0.3) is 0 Å². The monoisotopic (exact) mass is 332 g/mol. The first-order chi connectivity index (χ1) is 11.5. The molecule has 2 rings (SSSR count). The van der Waals surface area contributed by atoms with Crippen molar-refractivity contribution in [2.24, 2.45) is 0 Å². The summed E-state index contributed by atoms with van der Waals surface area (Å²) in [6, 6.07) is 3.54. The van der Waals surface area contributed by atoms with Gasteiger partial charge in [-0.05, 0) is 25.8 Å². The van der Waals surface area contributed by atoms with Crippen LogP contribution in [0.1, 0.15) is 35.9 Å². The zero-order valence-corrected chi connectivity index (χ0v) is 14.6. The number of pyridine rings is 1. The summed E-state index contributed by atoms with van der Waals surface area (Å²) in [5.41, 5.74) is 2.66. The molecule has 0 saturated heterocycles. The van der Waals surface area contributed by atoms with Crippen molar-refractivity contribution in [2.45, 2.75) is 40.3 Å². The molecule has 130 valence electrons. The molecule has 0 aliphatic carbocycles. The van der Waals surface area contributed by atoms with E-state index in [1.54, 1.807) is 18.1 Å². The molecule has 0 radical (unpaired) electrons. The number of hydrogen-bond donors (Lipinski definition) is 1. The number of carbonyl (C=O) groups is 1. The SMILES string of the molecule is CCCOc1ccc(CNC(=O)N(C)Cc2c(C)noc2C)cn1. The highest BCUT2D eigenvalue weighted by Crippen LogP contribution is 2.14. The van der Waals surface area contributed by atoms with Crippen molar-refractivity contribution in [3.05, 3.63) is 40.9 Å². The van der Waals surface area contributed by atoms with Crippen LogP contribution in [0, 0.1) is 13.8 Å². The van der Waals surface area contributed by atoms with E-state index in [1.165, 1.54) is 0 Å². The zero-order valence-electron chi connectivity index (χ0n) is 14.6. The van der Waals surface area contributed by atoms with Gasteiger partial charge in [-0.25, -0.2) is 9.78 Å². The Morgan fingerprint density at radius 2 is 2.17 bits per heavy atom. The van der Waals surface area contributed by atoms with Crippen molar-refractivity contribution >= 4 is 6.03 Å². The van der Waals surface area contributed by atoms with Gasteiger partial charge in [0.1, 0.15) is 5.76 Å². The second-order valence-corrected chi connectivity index (χ2v) is 5.67. The van der Waals surface area contributed by atoms with Gasteiger partial charge < -0.3 is 19.5 Å². The van der Waals surface area contributed by atoms with Crippen molar-refractivity contribution < 1.29 is 14.1 Å². The Hall–Kier alpha value is -2.57. The second-order valence-electron chi connectivity index (χ2n) is 5.67.